The Labute approximate surface area is 73.1 Å². The van der Waals surface area contributed by atoms with Gasteiger partial charge in [0.25, 0.3) is 0 Å². The van der Waals surface area contributed by atoms with Gasteiger partial charge in [-0.3, -0.25) is 0 Å². The van der Waals surface area contributed by atoms with Gasteiger partial charge in [0.05, 0.1) is 0 Å². The summed E-state index contributed by atoms with van der Waals surface area (Å²) in [5.74, 6) is 0. The van der Waals surface area contributed by atoms with Gasteiger partial charge < -0.3 is 16.0 Å². The van der Waals surface area contributed by atoms with Crippen molar-refractivity contribution in [1.82, 2.24) is 10.2 Å². The van der Waals surface area contributed by atoms with Crippen molar-refractivity contribution in [3.63, 3.8) is 0 Å². The first kappa shape index (κ1) is 9.32. The van der Waals surface area contributed by atoms with Crippen LogP contribution in [-0.4, -0.2) is 36.1 Å². The Hall–Kier alpha value is -0.770. The summed E-state index contributed by atoms with van der Waals surface area (Å²) in [5, 5.41) is 3.38. The lowest BCUT2D eigenvalue weighted by atomic mass is 10.2. The maximum atomic E-state index is 10.8. The Kier molecular flexibility index (Phi) is 2.92. The van der Waals surface area contributed by atoms with Gasteiger partial charge in [0.1, 0.15) is 0 Å². The Morgan fingerprint density at radius 3 is 2.75 bits per heavy atom. The van der Waals surface area contributed by atoms with Crippen molar-refractivity contribution in [3.8, 4) is 0 Å². The fourth-order valence-electron chi connectivity index (χ4n) is 1.57. The molecule has 12 heavy (non-hydrogen) atoms. The van der Waals surface area contributed by atoms with Gasteiger partial charge in [-0.05, 0) is 6.42 Å². The lowest BCUT2D eigenvalue weighted by molar-refractivity contribution is 0.217. The van der Waals surface area contributed by atoms with Crippen LogP contribution in [0.15, 0.2) is 0 Å². The van der Waals surface area contributed by atoms with E-state index in [2.05, 4.69) is 19.2 Å². The lowest BCUT2D eigenvalue weighted by Gasteiger charge is -2.16. The molecule has 0 bridgehead atoms. The van der Waals surface area contributed by atoms with Gasteiger partial charge in [-0.15, -0.1) is 0 Å². The minimum Gasteiger partial charge on any atom is -0.351 e. The lowest BCUT2D eigenvalue weighted by Crippen LogP contribution is -2.40. The van der Waals surface area contributed by atoms with Crippen LogP contribution in [-0.2, 0) is 0 Å². The van der Waals surface area contributed by atoms with Crippen LogP contribution < -0.4 is 11.1 Å². The molecule has 70 valence electrons. The largest absolute Gasteiger partial charge is 0.351 e. The van der Waals surface area contributed by atoms with E-state index >= 15 is 0 Å². The topological polar surface area (TPSA) is 58.4 Å². The summed E-state index contributed by atoms with van der Waals surface area (Å²) >= 11 is 0. The van der Waals surface area contributed by atoms with Crippen molar-refractivity contribution in [3.05, 3.63) is 0 Å². The predicted molar refractivity (Wildman–Crippen MR) is 47.8 cm³/mol. The fraction of sp³-hybridized carbons (Fsp3) is 0.875. The average Bonchev–Trinajstić information content (AvgIpc) is 2.34. The van der Waals surface area contributed by atoms with Crippen molar-refractivity contribution in [2.75, 3.05) is 13.1 Å². The molecule has 1 aliphatic rings. The minimum atomic E-state index is -0.303. The summed E-state index contributed by atoms with van der Waals surface area (Å²) in [5.41, 5.74) is 5.15. The van der Waals surface area contributed by atoms with Crippen LogP contribution in [0.5, 0.6) is 0 Å². The molecule has 1 aliphatic heterocycles. The van der Waals surface area contributed by atoms with Crippen LogP contribution in [0.2, 0.25) is 0 Å². The van der Waals surface area contributed by atoms with E-state index in [1.165, 1.54) is 0 Å². The standard InChI is InChI=1S/C8H17N3O/c1-6(2)10-7-3-4-11(5-7)8(9)12/h6-7,10H,3-5H2,1-2H3,(H2,9,12). The SMILES string of the molecule is CC(C)NC1CCN(C(N)=O)C1. The maximum Gasteiger partial charge on any atom is 0.314 e. The minimum absolute atomic E-state index is 0.303. The number of primary amides is 1. The number of rotatable bonds is 2. The van der Waals surface area contributed by atoms with Crippen molar-refractivity contribution < 1.29 is 4.79 Å². The molecule has 2 amide bonds. The number of nitrogens with zero attached hydrogens (tertiary/aromatic N) is 1. The number of nitrogens with two attached hydrogens (primary N) is 1. The third-order valence-electron chi connectivity index (χ3n) is 2.07. The van der Waals surface area contributed by atoms with Crippen LogP contribution in [0.3, 0.4) is 0 Å². The zero-order chi connectivity index (χ0) is 9.14. The van der Waals surface area contributed by atoms with Gasteiger partial charge in [0.15, 0.2) is 0 Å². The van der Waals surface area contributed by atoms with Crippen LogP contribution >= 0.6 is 0 Å². The molecule has 0 radical (unpaired) electrons. The third kappa shape index (κ3) is 2.37. The zero-order valence-electron chi connectivity index (χ0n) is 7.71. The second-order valence-corrected chi connectivity index (χ2v) is 3.59. The number of hydrogen-bond donors (Lipinski definition) is 2. The number of hydrogen-bond acceptors (Lipinski definition) is 2. The molecule has 1 unspecified atom stereocenters. The summed E-state index contributed by atoms with van der Waals surface area (Å²) in [6, 6.07) is 0.600. The van der Waals surface area contributed by atoms with E-state index in [1.807, 2.05) is 0 Å². The van der Waals surface area contributed by atoms with Gasteiger partial charge in [0.2, 0.25) is 0 Å². The van der Waals surface area contributed by atoms with Crippen molar-refractivity contribution in [2.45, 2.75) is 32.4 Å². The van der Waals surface area contributed by atoms with E-state index < -0.39 is 0 Å². The molecule has 0 saturated carbocycles. The second-order valence-electron chi connectivity index (χ2n) is 3.59. The third-order valence-corrected chi connectivity index (χ3v) is 2.07. The number of urea groups is 1. The van der Waals surface area contributed by atoms with Crippen molar-refractivity contribution in [2.24, 2.45) is 5.73 Å². The number of likely N-dealkylation sites (tertiary alicyclic amines) is 1. The Morgan fingerprint density at radius 1 is 1.67 bits per heavy atom. The Morgan fingerprint density at radius 2 is 2.33 bits per heavy atom. The number of carbonyl (C=O) groups excluding carboxylic acids is 1. The maximum absolute atomic E-state index is 10.8. The van der Waals surface area contributed by atoms with Gasteiger partial charge in [-0.25, -0.2) is 4.79 Å². The molecule has 0 aromatic carbocycles. The zero-order valence-corrected chi connectivity index (χ0v) is 7.71. The number of carbonyl (C=O) groups is 1. The Balaban J connectivity index is 2.30. The average molecular weight is 171 g/mol. The molecule has 1 heterocycles. The van der Waals surface area contributed by atoms with Crippen LogP contribution in [0, 0.1) is 0 Å². The van der Waals surface area contributed by atoms with Gasteiger partial charge in [-0.1, -0.05) is 13.8 Å². The summed E-state index contributed by atoms with van der Waals surface area (Å²) in [4.78, 5) is 12.4. The van der Waals surface area contributed by atoms with Gasteiger partial charge >= 0.3 is 6.03 Å². The van der Waals surface area contributed by atoms with E-state index in [0.29, 0.717) is 12.1 Å². The Bertz CT molecular complexity index is 170. The molecule has 0 aliphatic carbocycles. The number of amides is 2. The first-order valence-corrected chi connectivity index (χ1v) is 4.40. The van der Waals surface area contributed by atoms with Crippen LogP contribution in [0.1, 0.15) is 20.3 Å². The van der Waals surface area contributed by atoms with Crippen LogP contribution in [0.4, 0.5) is 4.79 Å². The first-order chi connectivity index (χ1) is 5.59. The van der Waals surface area contributed by atoms with Gasteiger partial charge in [0, 0.05) is 25.2 Å². The predicted octanol–water partition coefficient (Wildman–Crippen LogP) is 0.137. The van der Waals surface area contributed by atoms with E-state index in [-0.39, 0.29) is 6.03 Å². The molecule has 0 aromatic rings. The fourth-order valence-corrected chi connectivity index (χ4v) is 1.57. The highest BCUT2D eigenvalue weighted by Crippen LogP contribution is 2.08. The summed E-state index contributed by atoms with van der Waals surface area (Å²) in [6.07, 6.45) is 1.02. The molecule has 0 spiro atoms. The molecule has 1 fully saturated rings. The van der Waals surface area contributed by atoms with Crippen molar-refractivity contribution >= 4 is 6.03 Å². The van der Waals surface area contributed by atoms with E-state index in [4.69, 9.17) is 5.73 Å². The normalized spacial score (nSPS) is 23.6. The second kappa shape index (κ2) is 3.76. The van der Waals surface area contributed by atoms with Gasteiger partial charge in [-0.2, -0.15) is 0 Å². The molecular weight excluding hydrogens is 154 g/mol. The van der Waals surface area contributed by atoms with Crippen molar-refractivity contribution in [1.29, 1.82) is 0 Å². The molecule has 4 nitrogen and oxygen atoms in total. The highest BCUT2D eigenvalue weighted by molar-refractivity contribution is 5.72. The smallest absolute Gasteiger partial charge is 0.314 e. The summed E-state index contributed by atoms with van der Waals surface area (Å²) in [6.45, 7) is 5.76. The first-order valence-electron chi connectivity index (χ1n) is 4.40. The molecule has 1 atom stereocenters. The monoisotopic (exact) mass is 171 g/mol. The molecule has 1 saturated heterocycles. The number of nitrogens with one attached hydrogen (secondary N) is 1. The van der Waals surface area contributed by atoms with E-state index in [0.717, 1.165) is 19.5 Å². The molecular formula is C8H17N3O. The molecule has 4 heteroatoms. The highest BCUT2D eigenvalue weighted by Gasteiger charge is 2.24. The summed E-state index contributed by atoms with van der Waals surface area (Å²) < 4.78 is 0. The van der Waals surface area contributed by atoms with Crippen LogP contribution in [0.25, 0.3) is 0 Å². The molecule has 1 rings (SSSR count). The quantitative estimate of drug-likeness (QED) is 0.620. The summed E-state index contributed by atoms with van der Waals surface area (Å²) in [7, 11) is 0. The molecule has 0 aromatic heterocycles. The molecule has 3 N–H and O–H groups in total. The van der Waals surface area contributed by atoms with E-state index in [1.54, 1.807) is 4.90 Å². The highest BCUT2D eigenvalue weighted by atomic mass is 16.2. The van der Waals surface area contributed by atoms with E-state index in [9.17, 15) is 4.79 Å².